The van der Waals surface area contributed by atoms with Crippen molar-refractivity contribution >= 4 is 11.3 Å². The first-order chi connectivity index (χ1) is 5.83. The van der Waals surface area contributed by atoms with E-state index in [0.717, 1.165) is 19.3 Å². The van der Waals surface area contributed by atoms with Crippen LogP contribution in [0.15, 0.2) is 30.2 Å². The number of hydrogen-bond donors (Lipinski definition) is 1. The van der Waals surface area contributed by atoms with Crippen LogP contribution in [-0.4, -0.2) is 6.04 Å². The Bertz CT molecular complexity index is 216. The quantitative estimate of drug-likeness (QED) is 0.694. The van der Waals surface area contributed by atoms with Crippen molar-refractivity contribution in [1.29, 1.82) is 0 Å². The van der Waals surface area contributed by atoms with Gasteiger partial charge >= 0.3 is 0 Å². The monoisotopic (exact) mass is 181 g/mol. The van der Waals surface area contributed by atoms with Crippen LogP contribution < -0.4 is 5.73 Å². The van der Waals surface area contributed by atoms with E-state index in [2.05, 4.69) is 24.1 Å². The lowest BCUT2D eigenvalue weighted by Crippen LogP contribution is -2.19. The highest BCUT2D eigenvalue weighted by atomic mass is 32.1. The van der Waals surface area contributed by atoms with E-state index < -0.39 is 0 Å². The van der Waals surface area contributed by atoms with Gasteiger partial charge < -0.3 is 5.73 Å². The van der Waals surface area contributed by atoms with E-state index in [1.165, 1.54) is 4.88 Å². The van der Waals surface area contributed by atoms with Gasteiger partial charge in [-0.25, -0.2) is 0 Å². The zero-order valence-corrected chi connectivity index (χ0v) is 8.02. The first-order valence-corrected chi connectivity index (χ1v) is 5.09. The summed E-state index contributed by atoms with van der Waals surface area (Å²) >= 11 is 1.80. The molecule has 0 radical (unpaired) electrons. The summed E-state index contributed by atoms with van der Waals surface area (Å²) < 4.78 is 0. The van der Waals surface area contributed by atoms with Crippen LogP contribution in [0, 0.1) is 0 Å². The molecule has 1 rings (SSSR count). The van der Waals surface area contributed by atoms with E-state index in [0.29, 0.717) is 0 Å². The average molecular weight is 181 g/mol. The summed E-state index contributed by atoms with van der Waals surface area (Å²) in [6.45, 7) is 3.67. The second kappa shape index (κ2) is 5.12. The fraction of sp³-hybridized carbons (Fsp3) is 0.400. The zero-order chi connectivity index (χ0) is 8.81. The van der Waals surface area contributed by atoms with E-state index >= 15 is 0 Å². The molecular weight excluding hydrogens is 166 g/mol. The normalized spacial score (nSPS) is 12.8. The van der Waals surface area contributed by atoms with E-state index in [1.54, 1.807) is 11.3 Å². The molecule has 0 bridgehead atoms. The molecule has 0 aliphatic rings. The Morgan fingerprint density at radius 1 is 1.67 bits per heavy atom. The summed E-state index contributed by atoms with van der Waals surface area (Å²) in [5, 5.41) is 2.11. The van der Waals surface area contributed by atoms with E-state index in [-0.39, 0.29) is 6.04 Å². The zero-order valence-electron chi connectivity index (χ0n) is 7.20. The molecule has 1 unspecified atom stereocenters. The summed E-state index contributed by atoms with van der Waals surface area (Å²) in [6, 6.07) is 4.52. The Balaban J connectivity index is 2.21. The average Bonchev–Trinajstić information content (AvgIpc) is 2.53. The maximum Gasteiger partial charge on any atom is 0.00767 e. The molecule has 0 saturated carbocycles. The van der Waals surface area contributed by atoms with E-state index in [1.807, 2.05) is 6.08 Å². The van der Waals surface area contributed by atoms with Crippen LogP contribution >= 0.6 is 11.3 Å². The Morgan fingerprint density at radius 3 is 3.08 bits per heavy atom. The Hall–Kier alpha value is -0.600. The van der Waals surface area contributed by atoms with Crippen molar-refractivity contribution < 1.29 is 0 Å². The third-order valence-corrected chi connectivity index (χ3v) is 2.75. The number of aryl methyl sites for hydroxylation is 1. The van der Waals surface area contributed by atoms with Crippen LogP contribution in [0.3, 0.4) is 0 Å². The van der Waals surface area contributed by atoms with Gasteiger partial charge in [-0.05, 0) is 30.7 Å². The van der Waals surface area contributed by atoms with Crippen molar-refractivity contribution in [1.82, 2.24) is 0 Å². The van der Waals surface area contributed by atoms with Crippen LogP contribution in [-0.2, 0) is 6.42 Å². The fourth-order valence-corrected chi connectivity index (χ4v) is 1.84. The van der Waals surface area contributed by atoms with Gasteiger partial charge in [0.15, 0.2) is 0 Å². The lowest BCUT2D eigenvalue weighted by molar-refractivity contribution is 0.625. The lowest BCUT2D eigenvalue weighted by atomic mass is 10.1. The summed E-state index contributed by atoms with van der Waals surface area (Å²) in [5.41, 5.74) is 5.83. The van der Waals surface area contributed by atoms with Crippen molar-refractivity contribution in [2.45, 2.75) is 25.3 Å². The highest BCUT2D eigenvalue weighted by Gasteiger charge is 2.00. The minimum atomic E-state index is 0.282. The molecule has 12 heavy (non-hydrogen) atoms. The third kappa shape index (κ3) is 3.20. The Morgan fingerprint density at radius 2 is 2.50 bits per heavy atom. The van der Waals surface area contributed by atoms with Crippen LogP contribution in [0.4, 0.5) is 0 Å². The van der Waals surface area contributed by atoms with Crippen molar-refractivity contribution in [3.05, 3.63) is 35.0 Å². The maximum absolute atomic E-state index is 5.83. The minimum absolute atomic E-state index is 0.282. The molecule has 66 valence electrons. The van der Waals surface area contributed by atoms with Gasteiger partial charge in [-0.15, -0.1) is 17.9 Å². The van der Waals surface area contributed by atoms with Crippen molar-refractivity contribution in [2.24, 2.45) is 5.73 Å². The molecule has 0 spiro atoms. The molecule has 1 heterocycles. The Labute approximate surface area is 77.9 Å². The van der Waals surface area contributed by atoms with Crippen LogP contribution in [0.5, 0.6) is 0 Å². The summed E-state index contributed by atoms with van der Waals surface area (Å²) in [6.07, 6.45) is 4.98. The van der Waals surface area contributed by atoms with Gasteiger partial charge in [0.25, 0.3) is 0 Å². The largest absolute Gasteiger partial charge is 0.327 e. The predicted octanol–water partition coefficient (Wildman–Crippen LogP) is 2.58. The molecular formula is C10H15NS. The summed E-state index contributed by atoms with van der Waals surface area (Å²) in [7, 11) is 0. The van der Waals surface area contributed by atoms with Crippen LogP contribution in [0.1, 0.15) is 17.7 Å². The van der Waals surface area contributed by atoms with Gasteiger partial charge in [0.1, 0.15) is 0 Å². The first-order valence-electron chi connectivity index (χ1n) is 4.22. The van der Waals surface area contributed by atoms with Gasteiger partial charge in [0, 0.05) is 10.9 Å². The number of nitrogens with two attached hydrogens (primary N) is 1. The molecule has 1 aromatic rings. The van der Waals surface area contributed by atoms with Gasteiger partial charge in [0.05, 0.1) is 0 Å². The van der Waals surface area contributed by atoms with Crippen LogP contribution in [0.2, 0.25) is 0 Å². The smallest absolute Gasteiger partial charge is 0.00767 e. The molecule has 0 aliphatic carbocycles. The Kier molecular flexibility index (Phi) is 4.05. The summed E-state index contributed by atoms with van der Waals surface area (Å²) in [5.74, 6) is 0. The molecule has 1 aromatic heterocycles. The van der Waals surface area contributed by atoms with E-state index in [9.17, 15) is 0 Å². The third-order valence-electron chi connectivity index (χ3n) is 1.81. The molecule has 0 aromatic carbocycles. The van der Waals surface area contributed by atoms with Crippen molar-refractivity contribution in [3.63, 3.8) is 0 Å². The van der Waals surface area contributed by atoms with Crippen molar-refractivity contribution in [2.75, 3.05) is 0 Å². The SMILES string of the molecule is C=CCC(N)CCc1cccs1. The number of thiophene rings is 1. The molecule has 0 amide bonds. The minimum Gasteiger partial charge on any atom is -0.327 e. The second-order valence-electron chi connectivity index (χ2n) is 2.90. The standard InChI is InChI=1S/C10H15NS/c1-2-4-9(11)6-7-10-5-3-8-12-10/h2-3,5,8-9H,1,4,6-7,11H2. The molecule has 0 saturated heterocycles. The molecule has 0 aliphatic heterocycles. The number of rotatable bonds is 5. The van der Waals surface area contributed by atoms with Crippen LogP contribution in [0.25, 0.3) is 0 Å². The predicted molar refractivity (Wildman–Crippen MR) is 55.4 cm³/mol. The van der Waals surface area contributed by atoms with Crippen molar-refractivity contribution in [3.8, 4) is 0 Å². The van der Waals surface area contributed by atoms with Gasteiger partial charge in [-0.2, -0.15) is 0 Å². The fourth-order valence-electron chi connectivity index (χ4n) is 1.11. The summed E-state index contributed by atoms with van der Waals surface area (Å²) in [4.78, 5) is 1.43. The topological polar surface area (TPSA) is 26.0 Å². The molecule has 2 heteroatoms. The lowest BCUT2D eigenvalue weighted by Gasteiger charge is -2.06. The van der Waals surface area contributed by atoms with Gasteiger partial charge in [0.2, 0.25) is 0 Å². The number of hydrogen-bond acceptors (Lipinski definition) is 2. The van der Waals surface area contributed by atoms with E-state index in [4.69, 9.17) is 5.73 Å². The molecule has 1 nitrogen and oxygen atoms in total. The van der Waals surface area contributed by atoms with Gasteiger partial charge in [-0.3, -0.25) is 0 Å². The first kappa shape index (κ1) is 9.49. The maximum atomic E-state index is 5.83. The molecule has 2 N–H and O–H groups in total. The second-order valence-corrected chi connectivity index (χ2v) is 3.93. The highest BCUT2D eigenvalue weighted by molar-refractivity contribution is 7.09. The highest BCUT2D eigenvalue weighted by Crippen LogP contribution is 2.12. The molecule has 1 atom stereocenters. The van der Waals surface area contributed by atoms with Gasteiger partial charge in [-0.1, -0.05) is 12.1 Å². The molecule has 0 fully saturated rings.